The molecule has 37 heavy (non-hydrogen) atoms. The summed E-state index contributed by atoms with van der Waals surface area (Å²) in [6, 6.07) is 0. The lowest BCUT2D eigenvalue weighted by Crippen LogP contribution is -2.58. The number of epoxide rings is 1. The zero-order valence-corrected chi connectivity index (χ0v) is 22.1. The van der Waals surface area contributed by atoms with Gasteiger partial charge in [0.15, 0.2) is 17.2 Å². The Labute approximate surface area is 218 Å². The predicted molar refractivity (Wildman–Crippen MR) is 135 cm³/mol. The van der Waals surface area contributed by atoms with Crippen LogP contribution in [0, 0.1) is 17.8 Å². The van der Waals surface area contributed by atoms with Crippen molar-refractivity contribution in [2.75, 3.05) is 40.1 Å². The van der Waals surface area contributed by atoms with Gasteiger partial charge < -0.3 is 30.3 Å². The minimum absolute atomic E-state index is 0.00985. The molecule has 2 aliphatic heterocycles. The fourth-order valence-corrected chi connectivity index (χ4v) is 6.70. The van der Waals surface area contributed by atoms with Crippen LogP contribution in [0.2, 0.25) is 0 Å². The predicted octanol–water partition coefficient (Wildman–Crippen LogP) is 0.559. The number of piperidine rings is 1. The third-order valence-electron chi connectivity index (χ3n) is 8.87. The van der Waals surface area contributed by atoms with Gasteiger partial charge in [-0.25, -0.2) is 4.79 Å². The molecule has 0 spiro atoms. The SMILES string of the molecule is CNCNC1CC(CCC(C)=C(CO)C[C@@]23O[C@]2(C(=O)OCCO)C(=O)C2CCCCC2C3=O)CCN1. The van der Waals surface area contributed by atoms with Gasteiger partial charge in [0.2, 0.25) is 0 Å². The molecule has 2 saturated carbocycles. The van der Waals surface area contributed by atoms with Crippen LogP contribution >= 0.6 is 0 Å². The number of aliphatic hydroxyl groups excluding tert-OH is 2. The molecule has 2 heterocycles. The first-order chi connectivity index (χ1) is 17.8. The first kappa shape index (κ1) is 28.3. The quantitative estimate of drug-likeness (QED) is 0.0810. The molecule has 0 radical (unpaired) electrons. The van der Waals surface area contributed by atoms with Crippen molar-refractivity contribution in [3.63, 3.8) is 0 Å². The maximum absolute atomic E-state index is 13.8. The highest BCUT2D eigenvalue weighted by Gasteiger charge is 2.87. The van der Waals surface area contributed by atoms with Crippen molar-refractivity contribution < 1.29 is 34.1 Å². The number of Topliss-reactive ketones (excluding diaryl/α,β-unsaturated/α-hetero) is 2. The van der Waals surface area contributed by atoms with Crippen molar-refractivity contribution in [3.05, 3.63) is 11.1 Å². The topological polar surface area (TPSA) is 150 Å². The average molecular weight is 522 g/mol. The summed E-state index contributed by atoms with van der Waals surface area (Å²) in [6.07, 6.45) is 6.91. The third kappa shape index (κ3) is 5.29. The normalized spacial score (nSPS) is 35.9. The number of ether oxygens (including phenoxy) is 2. The zero-order valence-electron chi connectivity index (χ0n) is 22.1. The van der Waals surface area contributed by atoms with Crippen LogP contribution in [-0.4, -0.2) is 85.2 Å². The van der Waals surface area contributed by atoms with E-state index in [-0.39, 0.29) is 44.0 Å². The molecule has 2 aliphatic carbocycles. The molecule has 2 saturated heterocycles. The number of aliphatic hydroxyl groups is 2. The Morgan fingerprint density at radius 1 is 1.16 bits per heavy atom. The minimum atomic E-state index is -1.96. The summed E-state index contributed by atoms with van der Waals surface area (Å²) in [6.45, 7) is 2.70. The smallest absolute Gasteiger partial charge is 0.350 e. The Morgan fingerprint density at radius 2 is 1.89 bits per heavy atom. The Balaban J connectivity index is 1.51. The highest BCUT2D eigenvalue weighted by Crippen LogP contribution is 2.62. The van der Waals surface area contributed by atoms with E-state index in [0.29, 0.717) is 24.3 Å². The van der Waals surface area contributed by atoms with E-state index >= 15 is 0 Å². The number of carbonyl (C=O) groups is 3. The standard InChI is InChI=1S/C27H43N3O7/c1-17(7-8-18-9-10-29-22(13-18)30-16-28-2)19(15-32)14-26-23(33)20-5-3-4-6-21(20)24(34)27(26,37-26)25(35)36-12-11-31/h18,20-22,28-32H,3-16H2,1-2H3/t18?,20?,21?,22?,26-,27-/m0/s1. The van der Waals surface area contributed by atoms with E-state index in [1.807, 2.05) is 14.0 Å². The van der Waals surface area contributed by atoms with E-state index in [9.17, 15) is 19.5 Å². The van der Waals surface area contributed by atoms with Crippen molar-refractivity contribution in [2.45, 2.75) is 82.1 Å². The molecule has 0 bridgehead atoms. The van der Waals surface area contributed by atoms with Gasteiger partial charge in [-0.15, -0.1) is 0 Å². The fraction of sp³-hybridized carbons (Fsp3) is 0.815. The molecule has 4 aliphatic rings. The minimum Gasteiger partial charge on any atom is -0.461 e. The molecule has 4 unspecified atom stereocenters. The van der Waals surface area contributed by atoms with E-state index in [2.05, 4.69) is 16.0 Å². The largest absolute Gasteiger partial charge is 0.461 e. The van der Waals surface area contributed by atoms with E-state index in [1.165, 1.54) is 0 Å². The van der Waals surface area contributed by atoms with Crippen LogP contribution < -0.4 is 16.0 Å². The number of ketones is 2. The van der Waals surface area contributed by atoms with Crippen LogP contribution in [0.3, 0.4) is 0 Å². The number of nitrogens with one attached hydrogen (secondary N) is 3. The van der Waals surface area contributed by atoms with Crippen LogP contribution in [-0.2, 0) is 23.9 Å². The van der Waals surface area contributed by atoms with Crippen LogP contribution in [0.4, 0.5) is 0 Å². The van der Waals surface area contributed by atoms with Crippen molar-refractivity contribution in [2.24, 2.45) is 17.8 Å². The summed E-state index contributed by atoms with van der Waals surface area (Å²) in [5, 5.41) is 29.5. The highest BCUT2D eigenvalue weighted by molar-refractivity contribution is 6.23. The third-order valence-corrected chi connectivity index (χ3v) is 8.87. The number of rotatable bonds is 12. The van der Waals surface area contributed by atoms with Gasteiger partial charge in [-0.1, -0.05) is 18.4 Å². The van der Waals surface area contributed by atoms with Crippen LogP contribution in [0.5, 0.6) is 0 Å². The highest BCUT2D eigenvalue weighted by atomic mass is 16.7. The fourth-order valence-electron chi connectivity index (χ4n) is 6.70. The van der Waals surface area contributed by atoms with E-state index < -0.39 is 29.0 Å². The van der Waals surface area contributed by atoms with Gasteiger partial charge in [0, 0.05) is 24.9 Å². The lowest BCUT2D eigenvalue weighted by molar-refractivity contribution is -0.159. The second-order valence-corrected chi connectivity index (χ2v) is 11.1. The summed E-state index contributed by atoms with van der Waals surface area (Å²) < 4.78 is 11.1. The average Bonchev–Trinajstić information content (AvgIpc) is 3.62. The zero-order chi connectivity index (χ0) is 26.6. The second kappa shape index (κ2) is 12.0. The maximum Gasteiger partial charge on any atom is 0.350 e. The van der Waals surface area contributed by atoms with Gasteiger partial charge in [0.1, 0.15) is 6.61 Å². The summed E-state index contributed by atoms with van der Waals surface area (Å²) in [7, 11) is 1.90. The van der Waals surface area contributed by atoms with E-state index in [0.717, 1.165) is 57.3 Å². The van der Waals surface area contributed by atoms with Crippen molar-refractivity contribution in [1.82, 2.24) is 16.0 Å². The van der Waals surface area contributed by atoms with Gasteiger partial charge in [0.05, 0.1) is 19.4 Å². The Bertz CT molecular complexity index is 908. The summed E-state index contributed by atoms with van der Waals surface area (Å²) in [5.74, 6) is -1.95. The molecule has 4 fully saturated rings. The van der Waals surface area contributed by atoms with Gasteiger partial charge in [-0.3, -0.25) is 14.9 Å². The molecule has 0 amide bonds. The molecule has 208 valence electrons. The van der Waals surface area contributed by atoms with Gasteiger partial charge in [0.25, 0.3) is 5.60 Å². The molecule has 6 atom stereocenters. The molecule has 0 aromatic heterocycles. The molecule has 0 aromatic rings. The van der Waals surface area contributed by atoms with E-state index in [1.54, 1.807) is 0 Å². The molecule has 10 nitrogen and oxygen atoms in total. The number of esters is 1. The molecular weight excluding hydrogens is 478 g/mol. The van der Waals surface area contributed by atoms with Gasteiger partial charge >= 0.3 is 5.97 Å². The monoisotopic (exact) mass is 521 g/mol. The summed E-state index contributed by atoms with van der Waals surface area (Å²) in [4.78, 5) is 40.5. The first-order valence-corrected chi connectivity index (χ1v) is 13.8. The van der Waals surface area contributed by atoms with Crippen LogP contribution in [0.25, 0.3) is 0 Å². The number of hydrogen-bond donors (Lipinski definition) is 5. The molecule has 10 heteroatoms. The Hall–Kier alpha value is -1.69. The lowest BCUT2D eigenvalue weighted by atomic mass is 9.60. The molecule has 5 N–H and O–H groups in total. The van der Waals surface area contributed by atoms with Crippen molar-refractivity contribution >= 4 is 17.5 Å². The van der Waals surface area contributed by atoms with Gasteiger partial charge in [-0.2, -0.15) is 0 Å². The number of hydrogen-bond acceptors (Lipinski definition) is 10. The number of fused-ring (bicyclic) bond motifs is 2. The Kier molecular flexibility index (Phi) is 9.19. The second-order valence-electron chi connectivity index (χ2n) is 11.1. The summed E-state index contributed by atoms with van der Waals surface area (Å²) >= 11 is 0. The van der Waals surface area contributed by atoms with E-state index in [4.69, 9.17) is 14.6 Å². The van der Waals surface area contributed by atoms with Crippen molar-refractivity contribution in [3.8, 4) is 0 Å². The van der Waals surface area contributed by atoms with Gasteiger partial charge in [-0.05, 0) is 70.5 Å². The lowest BCUT2D eigenvalue weighted by Gasteiger charge is -2.37. The van der Waals surface area contributed by atoms with Crippen LogP contribution in [0.1, 0.15) is 64.7 Å². The van der Waals surface area contributed by atoms with Crippen molar-refractivity contribution in [1.29, 1.82) is 0 Å². The summed E-state index contributed by atoms with van der Waals surface area (Å²) in [5.41, 5.74) is -1.97. The number of allylic oxidation sites excluding steroid dienone is 1. The Morgan fingerprint density at radius 3 is 2.57 bits per heavy atom. The molecule has 0 aromatic carbocycles. The molecule has 4 rings (SSSR count). The molecular formula is C27H43N3O7. The number of carbonyl (C=O) groups excluding carboxylic acids is 3. The maximum atomic E-state index is 13.8. The first-order valence-electron chi connectivity index (χ1n) is 13.8. The van der Waals surface area contributed by atoms with Crippen LogP contribution in [0.15, 0.2) is 11.1 Å².